The SMILES string of the molecule is O=P(O)(O)C(c1ccc(Cc2ccccc2)cc1)C1CCCCC1. The van der Waals surface area contributed by atoms with E-state index in [0.717, 1.165) is 43.2 Å². The maximum atomic E-state index is 12.1. The molecule has 4 heteroatoms. The molecule has 0 spiro atoms. The van der Waals surface area contributed by atoms with E-state index in [-0.39, 0.29) is 5.92 Å². The molecule has 0 heterocycles. The van der Waals surface area contributed by atoms with Crippen molar-refractivity contribution < 1.29 is 14.4 Å². The van der Waals surface area contributed by atoms with E-state index in [4.69, 9.17) is 0 Å². The van der Waals surface area contributed by atoms with Gasteiger partial charge in [0.1, 0.15) is 0 Å². The predicted molar refractivity (Wildman–Crippen MR) is 97.1 cm³/mol. The molecule has 0 bridgehead atoms. The van der Waals surface area contributed by atoms with Crippen molar-refractivity contribution in [3.05, 3.63) is 71.3 Å². The van der Waals surface area contributed by atoms with E-state index in [1.165, 1.54) is 12.0 Å². The molecule has 1 saturated carbocycles. The lowest BCUT2D eigenvalue weighted by Gasteiger charge is -2.31. The molecule has 0 aliphatic heterocycles. The van der Waals surface area contributed by atoms with E-state index >= 15 is 0 Å². The number of hydrogen-bond acceptors (Lipinski definition) is 1. The van der Waals surface area contributed by atoms with E-state index < -0.39 is 13.3 Å². The van der Waals surface area contributed by atoms with Gasteiger partial charge in [0.05, 0.1) is 5.66 Å². The first kappa shape index (κ1) is 17.4. The van der Waals surface area contributed by atoms with Crippen LogP contribution in [0.15, 0.2) is 54.6 Å². The van der Waals surface area contributed by atoms with Crippen LogP contribution in [0.5, 0.6) is 0 Å². The zero-order valence-electron chi connectivity index (χ0n) is 13.8. The van der Waals surface area contributed by atoms with Gasteiger partial charge in [0.15, 0.2) is 0 Å². The van der Waals surface area contributed by atoms with E-state index in [1.54, 1.807) is 0 Å². The molecule has 0 amide bonds. The summed E-state index contributed by atoms with van der Waals surface area (Å²) in [5.74, 6) is 0.0968. The van der Waals surface area contributed by atoms with Crippen molar-refractivity contribution in [3.63, 3.8) is 0 Å². The lowest BCUT2D eigenvalue weighted by Crippen LogP contribution is -2.16. The molecule has 0 saturated heterocycles. The Hall–Kier alpha value is -1.41. The normalized spacial score (nSPS) is 17.6. The summed E-state index contributed by atoms with van der Waals surface area (Å²) in [5, 5.41) is 0. The van der Waals surface area contributed by atoms with Crippen molar-refractivity contribution in [2.24, 2.45) is 5.92 Å². The number of benzene rings is 2. The van der Waals surface area contributed by atoms with E-state index in [1.807, 2.05) is 42.5 Å². The standard InChI is InChI=1S/C20H25O3P/c21-24(22,23)20(18-9-5-2-6-10-18)19-13-11-17(12-14-19)15-16-7-3-1-4-8-16/h1,3-4,7-8,11-14,18,20H,2,5-6,9-10,15H2,(H2,21,22,23). The average molecular weight is 344 g/mol. The third-order valence-corrected chi connectivity index (χ3v) is 6.48. The zero-order valence-corrected chi connectivity index (χ0v) is 14.7. The number of hydrogen-bond donors (Lipinski definition) is 2. The van der Waals surface area contributed by atoms with Gasteiger partial charge < -0.3 is 9.79 Å². The van der Waals surface area contributed by atoms with Gasteiger partial charge in [-0.2, -0.15) is 0 Å². The third-order valence-electron chi connectivity index (χ3n) is 5.03. The van der Waals surface area contributed by atoms with Crippen LogP contribution >= 0.6 is 7.60 Å². The molecular weight excluding hydrogens is 319 g/mol. The quantitative estimate of drug-likeness (QED) is 0.744. The van der Waals surface area contributed by atoms with Crippen LogP contribution in [0, 0.1) is 5.92 Å². The van der Waals surface area contributed by atoms with Crippen LogP contribution in [0.3, 0.4) is 0 Å². The van der Waals surface area contributed by atoms with Crippen LogP contribution < -0.4 is 0 Å². The Morgan fingerprint density at radius 1 is 0.875 bits per heavy atom. The lowest BCUT2D eigenvalue weighted by atomic mass is 9.84. The molecule has 0 radical (unpaired) electrons. The van der Waals surface area contributed by atoms with Crippen molar-refractivity contribution in [2.75, 3.05) is 0 Å². The van der Waals surface area contributed by atoms with Crippen LogP contribution in [-0.2, 0) is 11.0 Å². The van der Waals surface area contributed by atoms with Gasteiger partial charge in [-0.3, -0.25) is 4.57 Å². The van der Waals surface area contributed by atoms with Crippen molar-refractivity contribution >= 4 is 7.60 Å². The first-order chi connectivity index (χ1) is 11.5. The monoisotopic (exact) mass is 344 g/mol. The largest absolute Gasteiger partial charge is 0.333 e. The molecule has 1 atom stereocenters. The molecule has 24 heavy (non-hydrogen) atoms. The Labute approximate surface area is 143 Å². The van der Waals surface area contributed by atoms with Gasteiger partial charge in [-0.1, -0.05) is 73.9 Å². The Bertz CT molecular complexity index is 685. The predicted octanol–water partition coefficient (Wildman–Crippen LogP) is 5.08. The lowest BCUT2D eigenvalue weighted by molar-refractivity contribution is 0.292. The Kier molecular flexibility index (Phi) is 5.55. The molecule has 2 aromatic carbocycles. The third kappa shape index (κ3) is 4.36. The van der Waals surface area contributed by atoms with Crippen molar-refractivity contribution in [1.82, 2.24) is 0 Å². The Balaban J connectivity index is 1.80. The summed E-state index contributed by atoms with van der Waals surface area (Å²) in [5.41, 5.74) is 2.54. The van der Waals surface area contributed by atoms with Crippen LogP contribution in [0.2, 0.25) is 0 Å². The summed E-state index contributed by atoms with van der Waals surface area (Å²) in [4.78, 5) is 19.8. The molecule has 2 N–H and O–H groups in total. The van der Waals surface area contributed by atoms with E-state index in [0.29, 0.717) is 0 Å². The molecule has 1 aliphatic rings. The first-order valence-corrected chi connectivity index (χ1v) is 10.4. The summed E-state index contributed by atoms with van der Waals surface area (Å²) < 4.78 is 12.1. The molecular formula is C20H25O3P. The zero-order chi connectivity index (χ0) is 17.0. The fourth-order valence-corrected chi connectivity index (χ4v) is 5.26. The highest BCUT2D eigenvalue weighted by atomic mass is 31.2. The molecule has 3 rings (SSSR count). The second-order valence-electron chi connectivity index (χ2n) is 6.84. The molecule has 3 nitrogen and oxygen atoms in total. The average Bonchev–Trinajstić information content (AvgIpc) is 2.57. The van der Waals surface area contributed by atoms with Crippen LogP contribution in [0.1, 0.15) is 54.5 Å². The number of rotatable bonds is 5. The second kappa shape index (κ2) is 7.65. The minimum atomic E-state index is -4.15. The highest BCUT2D eigenvalue weighted by Gasteiger charge is 2.37. The van der Waals surface area contributed by atoms with Crippen LogP contribution in [0.25, 0.3) is 0 Å². The fourth-order valence-electron chi connectivity index (χ4n) is 3.86. The van der Waals surface area contributed by atoms with Gasteiger partial charge in [-0.15, -0.1) is 0 Å². The van der Waals surface area contributed by atoms with Gasteiger partial charge in [0.25, 0.3) is 0 Å². The fraction of sp³-hybridized carbons (Fsp3) is 0.400. The van der Waals surface area contributed by atoms with Gasteiger partial charge in [-0.25, -0.2) is 0 Å². The minimum absolute atomic E-state index is 0.0968. The Morgan fingerprint density at radius 2 is 1.46 bits per heavy atom. The molecule has 128 valence electrons. The van der Waals surface area contributed by atoms with Gasteiger partial charge >= 0.3 is 7.60 Å². The second-order valence-corrected chi connectivity index (χ2v) is 8.57. The summed E-state index contributed by atoms with van der Waals surface area (Å²) in [6, 6.07) is 18.1. The molecule has 1 unspecified atom stereocenters. The van der Waals surface area contributed by atoms with Gasteiger partial charge in [-0.05, 0) is 41.9 Å². The van der Waals surface area contributed by atoms with Crippen LogP contribution in [-0.4, -0.2) is 9.79 Å². The molecule has 0 aromatic heterocycles. The summed E-state index contributed by atoms with van der Waals surface area (Å²) in [6.45, 7) is 0. The van der Waals surface area contributed by atoms with Gasteiger partial charge in [0.2, 0.25) is 0 Å². The minimum Gasteiger partial charge on any atom is -0.324 e. The highest BCUT2D eigenvalue weighted by molar-refractivity contribution is 7.52. The summed E-state index contributed by atoms with van der Waals surface area (Å²) in [6.07, 6.45) is 6.01. The maximum absolute atomic E-state index is 12.1. The Morgan fingerprint density at radius 3 is 2.04 bits per heavy atom. The topological polar surface area (TPSA) is 57.5 Å². The smallest absolute Gasteiger partial charge is 0.324 e. The first-order valence-electron chi connectivity index (χ1n) is 8.72. The van der Waals surface area contributed by atoms with E-state index in [2.05, 4.69) is 12.1 Å². The van der Waals surface area contributed by atoms with Gasteiger partial charge in [0, 0.05) is 0 Å². The molecule has 2 aromatic rings. The summed E-state index contributed by atoms with van der Waals surface area (Å²) >= 11 is 0. The highest BCUT2D eigenvalue weighted by Crippen LogP contribution is 2.58. The van der Waals surface area contributed by atoms with Crippen molar-refractivity contribution in [1.29, 1.82) is 0 Å². The summed E-state index contributed by atoms with van der Waals surface area (Å²) in [7, 11) is -4.15. The van der Waals surface area contributed by atoms with Crippen molar-refractivity contribution in [3.8, 4) is 0 Å². The van der Waals surface area contributed by atoms with Crippen LogP contribution in [0.4, 0.5) is 0 Å². The van der Waals surface area contributed by atoms with E-state index in [9.17, 15) is 14.4 Å². The molecule has 1 aliphatic carbocycles. The molecule has 1 fully saturated rings. The maximum Gasteiger partial charge on any atom is 0.333 e. The van der Waals surface area contributed by atoms with Crippen molar-refractivity contribution in [2.45, 2.75) is 44.2 Å².